The fourth-order valence-electron chi connectivity index (χ4n) is 3.82. The number of carbonyl (C=O) groups is 2. The fourth-order valence-corrected chi connectivity index (χ4v) is 3.82. The van der Waals surface area contributed by atoms with Gasteiger partial charge in [-0.2, -0.15) is 0 Å². The monoisotopic (exact) mass is 388 g/mol. The number of piperidine rings is 2. The quantitative estimate of drug-likeness (QED) is 0.792. The topological polar surface area (TPSA) is 59.1 Å². The zero-order chi connectivity index (χ0) is 20.1. The second kappa shape index (κ2) is 8.84. The summed E-state index contributed by atoms with van der Waals surface area (Å²) in [5.41, 5.74) is -0.495. The summed E-state index contributed by atoms with van der Waals surface area (Å²) in [5, 5.41) is 0. The van der Waals surface area contributed by atoms with E-state index in [-0.39, 0.29) is 24.0 Å². The van der Waals surface area contributed by atoms with E-state index in [1.165, 1.54) is 0 Å². The number of hydrogen-bond donors (Lipinski definition) is 0. The van der Waals surface area contributed by atoms with Crippen LogP contribution in [-0.4, -0.2) is 59.7 Å². The van der Waals surface area contributed by atoms with Crippen molar-refractivity contribution in [2.45, 2.75) is 58.2 Å². The molecule has 0 N–H and O–H groups in total. The Morgan fingerprint density at radius 2 is 1.64 bits per heavy atom. The van der Waals surface area contributed by atoms with Crippen molar-refractivity contribution in [1.82, 2.24) is 9.80 Å². The SMILES string of the molecule is CC(C)(C)OC(=O)N1CCC(C(=O)N2CCCC(Oc3ccccc3)C2)CC1. The lowest BCUT2D eigenvalue weighted by Crippen LogP contribution is -2.49. The van der Waals surface area contributed by atoms with Crippen molar-refractivity contribution in [2.75, 3.05) is 26.2 Å². The minimum Gasteiger partial charge on any atom is -0.489 e. The normalized spacial score (nSPS) is 21.3. The van der Waals surface area contributed by atoms with Crippen LogP contribution in [0.4, 0.5) is 4.79 Å². The number of ether oxygens (including phenoxy) is 2. The molecule has 0 bridgehead atoms. The summed E-state index contributed by atoms with van der Waals surface area (Å²) in [6, 6.07) is 9.78. The van der Waals surface area contributed by atoms with Crippen LogP contribution in [0.15, 0.2) is 30.3 Å². The first-order valence-corrected chi connectivity index (χ1v) is 10.3. The summed E-state index contributed by atoms with van der Waals surface area (Å²) in [7, 11) is 0. The van der Waals surface area contributed by atoms with E-state index < -0.39 is 5.60 Å². The molecule has 2 fully saturated rings. The zero-order valence-corrected chi connectivity index (χ0v) is 17.2. The van der Waals surface area contributed by atoms with E-state index in [1.54, 1.807) is 4.90 Å². The van der Waals surface area contributed by atoms with Gasteiger partial charge in [0.25, 0.3) is 0 Å². The molecule has 1 atom stereocenters. The van der Waals surface area contributed by atoms with E-state index in [0.717, 1.165) is 25.1 Å². The highest BCUT2D eigenvalue weighted by Gasteiger charge is 2.34. The standard InChI is InChI=1S/C22H32N2O4/c1-22(2,3)28-21(26)23-14-11-17(12-15-23)20(25)24-13-7-10-19(16-24)27-18-8-5-4-6-9-18/h4-6,8-9,17,19H,7,10-16H2,1-3H3. The molecular weight excluding hydrogens is 356 g/mol. The number of likely N-dealkylation sites (tertiary alicyclic amines) is 2. The van der Waals surface area contributed by atoms with Crippen LogP contribution in [0.1, 0.15) is 46.5 Å². The molecule has 6 nitrogen and oxygen atoms in total. The van der Waals surface area contributed by atoms with Crippen LogP contribution in [0.25, 0.3) is 0 Å². The molecule has 1 unspecified atom stereocenters. The third kappa shape index (κ3) is 5.63. The number of benzene rings is 1. The molecule has 2 saturated heterocycles. The molecule has 2 amide bonds. The molecule has 0 aliphatic carbocycles. The molecule has 0 aromatic heterocycles. The van der Waals surface area contributed by atoms with Gasteiger partial charge < -0.3 is 19.3 Å². The molecule has 154 valence electrons. The first kappa shape index (κ1) is 20.5. The first-order chi connectivity index (χ1) is 13.3. The van der Waals surface area contributed by atoms with Crippen molar-refractivity contribution in [2.24, 2.45) is 5.92 Å². The van der Waals surface area contributed by atoms with Crippen LogP contribution in [-0.2, 0) is 9.53 Å². The summed E-state index contributed by atoms with van der Waals surface area (Å²) in [5.74, 6) is 1.03. The second-order valence-electron chi connectivity index (χ2n) is 8.72. The van der Waals surface area contributed by atoms with Crippen LogP contribution >= 0.6 is 0 Å². The third-order valence-corrected chi connectivity index (χ3v) is 5.23. The van der Waals surface area contributed by atoms with Gasteiger partial charge >= 0.3 is 6.09 Å². The number of carbonyl (C=O) groups excluding carboxylic acids is 2. The van der Waals surface area contributed by atoms with Crippen LogP contribution in [0.2, 0.25) is 0 Å². The maximum absolute atomic E-state index is 13.0. The summed E-state index contributed by atoms with van der Waals surface area (Å²) >= 11 is 0. The highest BCUT2D eigenvalue weighted by Crippen LogP contribution is 2.24. The molecule has 0 spiro atoms. The lowest BCUT2D eigenvalue weighted by atomic mass is 9.94. The summed E-state index contributed by atoms with van der Waals surface area (Å²) in [6.45, 7) is 8.17. The Bertz CT molecular complexity index is 663. The van der Waals surface area contributed by atoms with Gasteiger partial charge in [0, 0.05) is 25.6 Å². The highest BCUT2D eigenvalue weighted by atomic mass is 16.6. The molecule has 1 aromatic rings. The lowest BCUT2D eigenvalue weighted by Gasteiger charge is -2.38. The number of hydrogen-bond acceptors (Lipinski definition) is 4. The Morgan fingerprint density at radius 1 is 0.964 bits per heavy atom. The Balaban J connectivity index is 1.48. The molecule has 2 aliphatic rings. The van der Waals surface area contributed by atoms with Gasteiger partial charge in [-0.1, -0.05) is 18.2 Å². The zero-order valence-electron chi connectivity index (χ0n) is 17.2. The Labute approximate surface area is 167 Å². The average molecular weight is 389 g/mol. The number of nitrogens with zero attached hydrogens (tertiary/aromatic N) is 2. The molecule has 3 rings (SSSR count). The van der Waals surface area contributed by atoms with Gasteiger partial charge in [0.1, 0.15) is 17.5 Å². The van der Waals surface area contributed by atoms with Crippen molar-refractivity contribution in [3.05, 3.63) is 30.3 Å². The van der Waals surface area contributed by atoms with E-state index in [0.29, 0.717) is 32.5 Å². The second-order valence-corrected chi connectivity index (χ2v) is 8.72. The van der Waals surface area contributed by atoms with E-state index in [1.807, 2.05) is 56.0 Å². The van der Waals surface area contributed by atoms with E-state index in [2.05, 4.69) is 0 Å². The Morgan fingerprint density at radius 3 is 2.29 bits per heavy atom. The maximum Gasteiger partial charge on any atom is 0.410 e. The maximum atomic E-state index is 13.0. The van der Waals surface area contributed by atoms with Gasteiger partial charge in [0.2, 0.25) is 5.91 Å². The van der Waals surface area contributed by atoms with Gasteiger partial charge in [0.05, 0.1) is 6.54 Å². The van der Waals surface area contributed by atoms with E-state index in [4.69, 9.17) is 9.47 Å². The highest BCUT2D eigenvalue weighted by molar-refractivity contribution is 5.79. The van der Waals surface area contributed by atoms with Crippen LogP contribution in [0, 0.1) is 5.92 Å². The Kier molecular flexibility index (Phi) is 6.47. The van der Waals surface area contributed by atoms with Gasteiger partial charge in [-0.3, -0.25) is 4.79 Å². The molecule has 2 aliphatic heterocycles. The fraction of sp³-hybridized carbons (Fsp3) is 0.636. The van der Waals surface area contributed by atoms with Gasteiger partial charge in [-0.05, 0) is 58.6 Å². The predicted molar refractivity (Wildman–Crippen MR) is 107 cm³/mol. The van der Waals surface area contributed by atoms with Crippen molar-refractivity contribution >= 4 is 12.0 Å². The van der Waals surface area contributed by atoms with Gasteiger partial charge in [0.15, 0.2) is 0 Å². The smallest absolute Gasteiger partial charge is 0.410 e. The van der Waals surface area contributed by atoms with Crippen molar-refractivity contribution in [3.63, 3.8) is 0 Å². The summed E-state index contributed by atoms with van der Waals surface area (Å²) in [6.07, 6.45) is 3.07. The van der Waals surface area contributed by atoms with E-state index in [9.17, 15) is 9.59 Å². The number of para-hydroxylation sites is 1. The van der Waals surface area contributed by atoms with Crippen molar-refractivity contribution in [3.8, 4) is 5.75 Å². The average Bonchev–Trinajstić information content (AvgIpc) is 2.67. The van der Waals surface area contributed by atoms with Gasteiger partial charge in [-0.15, -0.1) is 0 Å². The minimum absolute atomic E-state index is 0.0193. The summed E-state index contributed by atoms with van der Waals surface area (Å²) in [4.78, 5) is 28.9. The minimum atomic E-state index is -0.495. The van der Waals surface area contributed by atoms with Crippen molar-refractivity contribution < 1.29 is 19.1 Å². The Hall–Kier alpha value is -2.24. The largest absolute Gasteiger partial charge is 0.489 e. The van der Waals surface area contributed by atoms with Gasteiger partial charge in [-0.25, -0.2) is 4.79 Å². The molecule has 2 heterocycles. The van der Waals surface area contributed by atoms with Crippen LogP contribution in [0.3, 0.4) is 0 Å². The van der Waals surface area contributed by atoms with E-state index >= 15 is 0 Å². The molecule has 0 saturated carbocycles. The van der Waals surface area contributed by atoms with Crippen LogP contribution < -0.4 is 4.74 Å². The molecule has 28 heavy (non-hydrogen) atoms. The first-order valence-electron chi connectivity index (χ1n) is 10.3. The third-order valence-electron chi connectivity index (χ3n) is 5.23. The molecule has 1 aromatic carbocycles. The number of rotatable bonds is 3. The summed E-state index contributed by atoms with van der Waals surface area (Å²) < 4.78 is 11.5. The predicted octanol–water partition coefficient (Wildman–Crippen LogP) is 3.70. The van der Waals surface area contributed by atoms with Crippen molar-refractivity contribution in [1.29, 1.82) is 0 Å². The van der Waals surface area contributed by atoms with Crippen LogP contribution in [0.5, 0.6) is 5.75 Å². The molecule has 6 heteroatoms. The lowest BCUT2D eigenvalue weighted by molar-refractivity contribution is -0.139. The number of amides is 2. The molecular formula is C22H32N2O4. The molecule has 0 radical (unpaired) electrons.